The van der Waals surface area contributed by atoms with Gasteiger partial charge in [0, 0.05) is 18.0 Å². The number of fused-ring (bicyclic) bond motifs is 1. The summed E-state index contributed by atoms with van der Waals surface area (Å²) in [6.07, 6.45) is 1.40. The molecule has 1 aliphatic heterocycles. The summed E-state index contributed by atoms with van der Waals surface area (Å²) in [5.74, 6) is -0.0198. The average molecular weight is 406 g/mol. The lowest BCUT2D eigenvalue weighted by molar-refractivity contribution is -0.134. The summed E-state index contributed by atoms with van der Waals surface area (Å²) < 4.78 is 7.70. The Bertz CT molecular complexity index is 1060. The molecule has 0 spiro atoms. The van der Waals surface area contributed by atoms with Crippen molar-refractivity contribution in [3.63, 3.8) is 0 Å². The zero-order chi connectivity index (χ0) is 21.1. The Labute approximate surface area is 175 Å². The zero-order valence-electron chi connectivity index (χ0n) is 17.2. The van der Waals surface area contributed by atoms with Gasteiger partial charge in [-0.1, -0.05) is 30.3 Å². The molecule has 1 aliphatic rings. The van der Waals surface area contributed by atoms with Crippen molar-refractivity contribution in [3.8, 4) is 5.75 Å². The molecule has 30 heavy (non-hydrogen) atoms. The van der Waals surface area contributed by atoms with E-state index >= 15 is 0 Å². The van der Waals surface area contributed by atoms with E-state index < -0.39 is 5.92 Å². The third-order valence-corrected chi connectivity index (χ3v) is 5.11. The minimum Gasteiger partial charge on any atom is -0.491 e. The van der Waals surface area contributed by atoms with Crippen LogP contribution in [0.4, 0.5) is 5.82 Å². The number of ether oxygens (including phenoxy) is 1. The molecule has 0 radical (unpaired) electrons. The van der Waals surface area contributed by atoms with Crippen LogP contribution in [0.1, 0.15) is 32.3 Å². The summed E-state index contributed by atoms with van der Waals surface area (Å²) in [4.78, 5) is 24.8. The molecular formula is C23H26N4O3. The summed E-state index contributed by atoms with van der Waals surface area (Å²) in [5.41, 5.74) is 1.96. The fraction of sp³-hybridized carbons (Fsp3) is 0.348. The van der Waals surface area contributed by atoms with Crippen LogP contribution in [0.15, 0.2) is 48.5 Å². The molecule has 3 aromatic rings. The van der Waals surface area contributed by atoms with Gasteiger partial charge in [-0.2, -0.15) is 5.10 Å². The zero-order valence-corrected chi connectivity index (χ0v) is 17.2. The second-order valence-electron chi connectivity index (χ2n) is 7.81. The van der Waals surface area contributed by atoms with E-state index in [4.69, 9.17) is 4.74 Å². The van der Waals surface area contributed by atoms with Crippen molar-refractivity contribution in [3.05, 3.63) is 54.1 Å². The fourth-order valence-electron chi connectivity index (χ4n) is 3.69. The summed E-state index contributed by atoms with van der Waals surface area (Å²) in [6.45, 7) is 5.14. The number of aromatic nitrogens is 2. The number of hydrogen-bond donors (Lipinski definition) is 2. The van der Waals surface area contributed by atoms with Crippen LogP contribution in [0.5, 0.6) is 5.75 Å². The van der Waals surface area contributed by atoms with Gasteiger partial charge >= 0.3 is 0 Å². The summed E-state index contributed by atoms with van der Waals surface area (Å²) >= 11 is 0. The van der Waals surface area contributed by atoms with Gasteiger partial charge < -0.3 is 15.4 Å². The molecule has 7 heteroatoms. The molecule has 4 rings (SSSR count). The molecule has 0 saturated carbocycles. The van der Waals surface area contributed by atoms with Crippen molar-refractivity contribution in [1.82, 2.24) is 15.1 Å². The molecule has 0 bridgehead atoms. The van der Waals surface area contributed by atoms with Crippen molar-refractivity contribution in [2.24, 2.45) is 5.92 Å². The van der Waals surface area contributed by atoms with Crippen LogP contribution >= 0.6 is 0 Å². The van der Waals surface area contributed by atoms with Crippen LogP contribution in [0.3, 0.4) is 0 Å². The number of hydrogen-bond acceptors (Lipinski definition) is 4. The molecule has 1 fully saturated rings. The Morgan fingerprint density at radius 3 is 2.80 bits per heavy atom. The van der Waals surface area contributed by atoms with Crippen molar-refractivity contribution in [2.75, 3.05) is 11.9 Å². The van der Waals surface area contributed by atoms with E-state index in [9.17, 15) is 9.59 Å². The molecule has 156 valence electrons. The highest BCUT2D eigenvalue weighted by molar-refractivity contribution is 6.09. The molecule has 1 atom stereocenters. The van der Waals surface area contributed by atoms with Crippen LogP contribution < -0.4 is 15.4 Å². The Balaban J connectivity index is 1.68. The molecule has 7 nitrogen and oxygen atoms in total. The lowest BCUT2D eigenvalue weighted by atomic mass is 9.98. The standard InChI is InChI=1S/C23H26N4O3/c1-15(2)30-17-10-11-18-20(13-17)27(14-16-7-4-3-5-8-16)26-21(18)25-23(29)19-9-6-12-24-22(19)28/h3-5,7-8,10-11,13,15,19H,6,9,12,14H2,1-2H3,(H,24,28)(H,25,26,29)/t19-/m1/s1. The summed E-state index contributed by atoms with van der Waals surface area (Å²) in [6, 6.07) is 15.7. The number of benzene rings is 2. The number of amides is 2. The van der Waals surface area contributed by atoms with Crippen molar-refractivity contribution in [2.45, 2.75) is 39.3 Å². The van der Waals surface area contributed by atoms with Gasteiger partial charge in [0.2, 0.25) is 11.8 Å². The number of piperidine rings is 1. The van der Waals surface area contributed by atoms with E-state index in [1.54, 1.807) is 0 Å². The van der Waals surface area contributed by atoms with Crippen LogP contribution in [0.25, 0.3) is 10.9 Å². The monoisotopic (exact) mass is 406 g/mol. The second kappa shape index (κ2) is 8.57. The number of carbonyl (C=O) groups excluding carboxylic acids is 2. The highest BCUT2D eigenvalue weighted by atomic mass is 16.5. The number of anilines is 1. The number of nitrogens with one attached hydrogen (secondary N) is 2. The molecule has 2 N–H and O–H groups in total. The minimum absolute atomic E-state index is 0.0527. The smallest absolute Gasteiger partial charge is 0.238 e. The van der Waals surface area contributed by atoms with Crippen LogP contribution in [0.2, 0.25) is 0 Å². The van der Waals surface area contributed by atoms with Crippen LogP contribution in [0, 0.1) is 5.92 Å². The average Bonchev–Trinajstić information content (AvgIpc) is 3.05. The maximum absolute atomic E-state index is 12.8. The quantitative estimate of drug-likeness (QED) is 0.615. The number of nitrogens with zero attached hydrogens (tertiary/aromatic N) is 2. The Kier molecular flexibility index (Phi) is 5.70. The third-order valence-electron chi connectivity index (χ3n) is 5.11. The first-order valence-corrected chi connectivity index (χ1v) is 10.3. The van der Waals surface area contributed by atoms with Crippen LogP contribution in [-0.2, 0) is 16.1 Å². The van der Waals surface area contributed by atoms with Crippen LogP contribution in [-0.4, -0.2) is 34.2 Å². The predicted octanol–water partition coefficient (Wildman–Crippen LogP) is 3.34. The van der Waals surface area contributed by atoms with E-state index in [-0.39, 0.29) is 17.9 Å². The highest BCUT2D eigenvalue weighted by Crippen LogP contribution is 2.29. The van der Waals surface area contributed by atoms with Crippen molar-refractivity contribution < 1.29 is 14.3 Å². The number of carbonyl (C=O) groups is 2. The van der Waals surface area contributed by atoms with Gasteiger partial charge in [0.1, 0.15) is 11.7 Å². The highest BCUT2D eigenvalue weighted by Gasteiger charge is 2.30. The summed E-state index contributed by atoms with van der Waals surface area (Å²) in [7, 11) is 0. The van der Waals surface area contributed by atoms with Crippen molar-refractivity contribution >= 4 is 28.5 Å². The fourth-order valence-corrected chi connectivity index (χ4v) is 3.69. The minimum atomic E-state index is -0.684. The van der Waals surface area contributed by atoms with Crippen molar-refractivity contribution in [1.29, 1.82) is 0 Å². The molecule has 1 aromatic heterocycles. The Morgan fingerprint density at radius 1 is 1.27 bits per heavy atom. The molecule has 1 saturated heterocycles. The SMILES string of the molecule is CC(C)Oc1ccc2c(NC(=O)[C@@H]3CCCNC3=O)nn(Cc3ccccc3)c2c1. The maximum atomic E-state index is 12.8. The first kappa shape index (κ1) is 19.9. The van der Waals surface area contributed by atoms with E-state index in [1.807, 2.05) is 67.1 Å². The first-order valence-electron chi connectivity index (χ1n) is 10.3. The molecule has 2 amide bonds. The molecule has 0 unspecified atom stereocenters. The van der Waals surface area contributed by atoms with E-state index in [1.165, 1.54) is 0 Å². The van der Waals surface area contributed by atoms with E-state index in [2.05, 4.69) is 15.7 Å². The van der Waals surface area contributed by atoms with Gasteiger partial charge in [0.25, 0.3) is 0 Å². The number of rotatable bonds is 6. The van der Waals surface area contributed by atoms with Gasteiger partial charge in [0.05, 0.1) is 18.2 Å². The van der Waals surface area contributed by atoms with Gasteiger partial charge in [-0.05, 0) is 44.4 Å². The third kappa shape index (κ3) is 4.30. The topological polar surface area (TPSA) is 85.2 Å². The largest absolute Gasteiger partial charge is 0.491 e. The second-order valence-corrected chi connectivity index (χ2v) is 7.81. The predicted molar refractivity (Wildman–Crippen MR) is 115 cm³/mol. The lowest BCUT2D eigenvalue weighted by Gasteiger charge is -2.20. The maximum Gasteiger partial charge on any atom is 0.238 e. The normalized spacial score (nSPS) is 16.5. The molecule has 2 aromatic carbocycles. The Hall–Kier alpha value is -3.35. The van der Waals surface area contributed by atoms with E-state index in [0.717, 1.165) is 28.6 Å². The Morgan fingerprint density at radius 2 is 2.07 bits per heavy atom. The summed E-state index contributed by atoms with van der Waals surface area (Å²) in [5, 5.41) is 11.1. The molecule has 2 heterocycles. The molecular weight excluding hydrogens is 380 g/mol. The van der Waals surface area contributed by atoms with Gasteiger partial charge in [-0.15, -0.1) is 0 Å². The van der Waals surface area contributed by atoms with Gasteiger partial charge in [0.15, 0.2) is 5.82 Å². The lowest BCUT2D eigenvalue weighted by Crippen LogP contribution is -2.42. The first-order chi connectivity index (χ1) is 14.5. The van der Waals surface area contributed by atoms with Gasteiger partial charge in [-0.25, -0.2) is 0 Å². The van der Waals surface area contributed by atoms with E-state index in [0.29, 0.717) is 25.3 Å². The van der Waals surface area contributed by atoms with Gasteiger partial charge in [-0.3, -0.25) is 14.3 Å². The molecule has 0 aliphatic carbocycles.